The molecule has 0 radical (unpaired) electrons. The number of carbonyl (C=O) groups excluding carboxylic acids is 1. The number of hydrogen-bond donors (Lipinski definition) is 2. The molecule has 4 atom stereocenters. The zero-order chi connectivity index (χ0) is 13.4. The number of aliphatic hydroxyl groups is 1. The highest BCUT2D eigenvalue weighted by molar-refractivity contribution is 5.82. The van der Waals surface area contributed by atoms with Crippen LogP contribution in [0.1, 0.15) is 34.1 Å². The lowest BCUT2D eigenvalue weighted by molar-refractivity contribution is -0.126. The summed E-state index contributed by atoms with van der Waals surface area (Å²) in [6, 6.07) is 0. The number of methoxy groups -OCH3 is 1. The SMILES string of the molecule is CCNCC(=O)C(C)C(C)C(OC)C(O)CC. The van der Waals surface area contributed by atoms with E-state index in [4.69, 9.17) is 4.74 Å². The molecule has 0 saturated heterocycles. The van der Waals surface area contributed by atoms with Crippen LogP contribution in [0.3, 0.4) is 0 Å². The van der Waals surface area contributed by atoms with Crippen LogP contribution in [0.4, 0.5) is 0 Å². The van der Waals surface area contributed by atoms with Crippen molar-refractivity contribution in [2.24, 2.45) is 11.8 Å². The van der Waals surface area contributed by atoms with Gasteiger partial charge in [-0.3, -0.25) is 4.79 Å². The molecule has 0 spiro atoms. The third-order valence-electron chi connectivity index (χ3n) is 3.43. The number of likely N-dealkylation sites (N-methyl/N-ethyl adjacent to an activating group) is 1. The van der Waals surface area contributed by atoms with E-state index in [0.29, 0.717) is 13.0 Å². The summed E-state index contributed by atoms with van der Waals surface area (Å²) in [5.41, 5.74) is 0. The minimum Gasteiger partial charge on any atom is -0.390 e. The van der Waals surface area contributed by atoms with Gasteiger partial charge in [0.05, 0.1) is 18.8 Å². The van der Waals surface area contributed by atoms with Crippen molar-refractivity contribution in [3.05, 3.63) is 0 Å². The maximum atomic E-state index is 11.9. The van der Waals surface area contributed by atoms with Crippen molar-refractivity contribution < 1.29 is 14.6 Å². The Bertz CT molecular complexity index is 221. The predicted molar refractivity (Wildman–Crippen MR) is 69.0 cm³/mol. The van der Waals surface area contributed by atoms with E-state index in [-0.39, 0.29) is 23.7 Å². The molecule has 0 fully saturated rings. The monoisotopic (exact) mass is 245 g/mol. The van der Waals surface area contributed by atoms with Gasteiger partial charge in [0, 0.05) is 13.0 Å². The largest absolute Gasteiger partial charge is 0.390 e. The fourth-order valence-corrected chi connectivity index (χ4v) is 1.94. The van der Waals surface area contributed by atoms with E-state index < -0.39 is 6.10 Å². The van der Waals surface area contributed by atoms with Crippen LogP contribution in [0.15, 0.2) is 0 Å². The lowest BCUT2D eigenvalue weighted by Gasteiger charge is -2.30. The van der Waals surface area contributed by atoms with E-state index in [1.54, 1.807) is 7.11 Å². The van der Waals surface area contributed by atoms with Crippen molar-refractivity contribution in [2.45, 2.75) is 46.3 Å². The molecule has 4 unspecified atom stereocenters. The maximum Gasteiger partial charge on any atom is 0.149 e. The van der Waals surface area contributed by atoms with E-state index in [2.05, 4.69) is 5.32 Å². The Morgan fingerprint density at radius 1 is 1.35 bits per heavy atom. The summed E-state index contributed by atoms with van der Waals surface area (Å²) in [4.78, 5) is 11.9. The molecule has 2 N–H and O–H groups in total. The molecule has 0 bridgehead atoms. The van der Waals surface area contributed by atoms with E-state index in [0.717, 1.165) is 6.54 Å². The fraction of sp³-hybridized carbons (Fsp3) is 0.923. The molecule has 0 saturated carbocycles. The van der Waals surface area contributed by atoms with Gasteiger partial charge in [0.1, 0.15) is 5.78 Å². The van der Waals surface area contributed by atoms with E-state index in [1.165, 1.54) is 0 Å². The van der Waals surface area contributed by atoms with Gasteiger partial charge < -0.3 is 15.2 Å². The molecule has 0 heterocycles. The number of ketones is 1. The van der Waals surface area contributed by atoms with Gasteiger partial charge in [-0.25, -0.2) is 0 Å². The Kier molecular flexibility index (Phi) is 8.39. The van der Waals surface area contributed by atoms with Crippen molar-refractivity contribution in [3.8, 4) is 0 Å². The molecular formula is C13H27NO3. The first-order chi connectivity index (χ1) is 7.99. The number of hydrogen-bond acceptors (Lipinski definition) is 4. The van der Waals surface area contributed by atoms with Crippen molar-refractivity contribution in [1.29, 1.82) is 0 Å². The minimum absolute atomic E-state index is 0.0149. The summed E-state index contributed by atoms with van der Waals surface area (Å²) in [6.07, 6.45) is -0.151. The normalized spacial score (nSPS) is 18.5. The number of rotatable bonds is 9. The summed E-state index contributed by atoms with van der Waals surface area (Å²) in [7, 11) is 1.58. The van der Waals surface area contributed by atoms with E-state index >= 15 is 0 Å². The highest BCUT2D eigenvalue weighted by atomic mass is 16.5. The van der Waals surface area contributed by atoms with Gasteiger partial charge in [0.25, 0.3) is 0 Å². The number of nitrogens with one attached hydrogen (secondary N) is 1. The highest BCUT2D eigenvalue weighted by Gasteiger charge is 2.31. The van der Waals surface area contributed by atoms with Crippen LogP contribution in [0, 0.1) is 11.8 Å². The van der Waals surface area contributed by atoms with Crippen molar-refractivity contribution in [1.82, 2.24) is 5.32 Å². The lowest BCUT2D eigenvalue weighted by Crippen LogP contribution is -2.40. The van der Waals surface area contributed by atoms with Gasteiger partial charge in [-0.1, -0.05) is 27.7 Å². The number of aliphatic hydroxyl groups excluding tert-OH is 1. The first-order valence-electron chi connectivity index (χ1n) is 6.43. The average Bonchev–Trinajstić information content (AvgIpc) is 2.35. The second kappa shape index (κ2) is 8.61. The van der Waals surface area contributed by atoms with Crippen LogP contribution in [0.5, 0.6) is 0 Å². The summed E-state index contributed by atoms with van der Waals surface area (Å²) in [5, 5.41) is 12.9. The summed E-state index contributed by atoms with van der Waals surface area (Å²) >= 11 is 0. The zero-order valence-corrected chi connectivity index (χ0v) is 11.7. The first-order valence-corrected chi connectivity index (χ1v) is 6.43. The van der Waals surface area contributed by atoms with Gasteiger partial charge in [-0.05, 0) is 18.9 Å². The standard InChI is InChI=1S/C13H27NO3/c1-6-11(15)13(17-5)10(4)9(3)12(16)8-14-7-2/h9-11,13-15H,6-8H2,1-5H3. The first kappa shape index (κ1) is 16.6. The zero-order valence-electron chi connectivity index (χ0n) is 11.7. The Morgan fingerprint density at radius 2 is 1.94 bits per heavy atom. The number of Topliss-reactive ketones (excluding diaryl/α,β-unsaturated/α-hetero) is 1. The number of ether oxygens (including phenoxy) is 1. The Balaban J connectivity index is 4.43. The maximum absolute atomic E-state index is 11.9. The quantitative estimate of drug-likeness (QED) is 0.641. The van der Waals surface area contributed by atoms with Gasteiger partial charge in [-0.15, -0.1) is 0 Å². The van der Waals surface area contributed by atoms with Crippen molar-refractivity contribution in [2.75, 3.05) is 20.2 Å². The van der Waals surface area contributed by atoms with Crippen LogP contribution < -0.4 is 5.32 Å². The molecule has 0 rings (SSSR count). The van der Waals surface area contributed by atoms with Gasteiger partial charge in [0.15, 0.2) is 0 Å². The Morgan fingerprint density at radius 3 is 2.35 bits per heavy atom. The van der Waals surface area contributed by atoms with Crippen LogP contribution in [-0.4, -0.2) is 43.3 Å². The second-order valence-electron chi connectivity index (χ2n) is 4.57. The van der Waals surface area contributed by atoms with Gasteiger partial charge >= 0.3 is 0 Å². The third kappa shape index (κ3) is 5.15. The Labute approximate surface area is 105 Å². The van der Waals surface area contributed by atoms with Crippen LogP contribution in [0.2, 0.25) is 0 Å². The van der Waals surface area contributed by atoms with Crippen LogP contribution in [0.25, 0.3) is 0 Å². The van der Waals surface area contributed by atoms with E-state index in [1.807, 2.05) is 27.7 Å². The molecule has 0 aliphatic rings. The van der Waals surface area contributed by atoms with Gasteiger partial charge in [-0.2, -0.15) is 0 Å². The summed E-state index contributed by atoms with van der Waals surface area (Å²) in [5.74, 6) is 0.0750. The molecule has 0 aromatic rings. The Hall–Kier alpha value is -0.450. The van der Waals surface area contributed by atoms with Crippen LogP contribution in [-0.2, 0) is 9.53 Å². The molecule has 4 heteroatoms. The molecule has 17 heavy (non-hydrogen) atoms. The third-order valence-corrected chi connectivity index (χ3v) is 3.43. The summed E-state index contributed by atoms with van der Waals surface area (Å²) in [6.45, 7) is 8.92. The average molecular weight is 245 g/mol. The molecule has 102 valence electrons. The second-order valence-corrected chi connectivity index (χ2v) is 4.57. The number of carbonyl (C=O) groups is 1. The van der Waals surface area contributed by atoms with Gasteiger partial charge in [0.2, 0.25) is 0 Å². The molecule has 4 nitrogen and oxygen atoms in total. The molecule has 0 aliphatic carbocycles. The smallest absolute Gasteiger partial charge is 0.149 e. The fourth-order valence-electron chi connectivity index (χ4n) is 1.94. The molecule has 0 amide bonds. The minimum atomic E-state index is -0.510. The van der Waals surface area contributed by atoms with Crippen molar-refractivity contribution in [3.63, 3.8) is 0 Å². The molecular weight excluding hydrogens is 218 g/mol. The lowest BCUT2D eigenvalue weighted by atomic mass is 9.84. The topological polar surface area (TPSA) is 58.6 Å². The highest BCUT2D eigenvalue weighted by Crippen LogP contribution is 2.22. The molecule has 0 aromatic carbocycles. The van der Waals surface area contributed by atoms with E-state index in [9.17, 15) is 9.90 Å². The molecule has 0 aromatic heterocycles. The molecule has 0 aliphatic heterocycles. The summed E-state index contributed by atoms with van der Waals surface area (Å²) < 4.78 is 5.32. The van der Waals surface area contributed by atoms with Crippen molar-refractivity contribution >= 4 is 5.78 Å². The predicted octanol–water partition coefficient (Wildman–Crippen LogP) is 1.22. The van der Waals surface area contributed by atoms with Crippen LogP contribution >= 0.6 is 0 Å².